The number of hydrogen-bond donors (Lipinski definition) is 0. The zero-order valence-electron chi connectivity index (χ0n) is 9.79. The molecule has 3 nitrogen and oxygen atoms in total. The molecule has 0 aliphatic carbocycles. The molecular weight excluding hydrogens is 254 g/mol. The number of rotatable bonds is 4. The van der Waals surface area contributed by atoms with Crippen LogP contribution in [0.5, 0.6) is 0 Å². The molecule has 0 aliphatic rings. The van der Waals surface area contributed by atoms with Gasteiger partial charge >= 0.3 is 0 Å². The minimum absolute atomic E-state index is 0.533. The fraction of sp³-hybridized carbons (Fsp3) is 0.636. The van der Waals surface area contributed by atoms with E-state index in [1.54, 1.807) is 0 Å². The lowest BCUT2D eigenvalue weighted by Crippen LogP contribution is -2.23. The summed E-state index contributed by atoms with van der Waals surface area (Å²) in [7, 11) is 2.03. The summed E-state index contributed by atoms with van der Waals surface area (Å²) in [5.41, 5.74) is 2.05. The van der Waals surface area contributed by atoms with Crippen LogP contribution in [-0.2, 0) is 0 Å². The number of anilines is 1. The third-order valence-corrected chi connectivity index (χ3v) is 2.63. The van der Waals surface area contributed by atoms with E-state index in [1.165, 1.54) is 0 Å². The molecule has 1 unspecified atom stereocenters. The molecule has 0 aliphatic heterocycles. The van der Waals surface area contributed by atoms with Crippen LogP contribution in [0.4, 0.5) is 5.95 Å². The number of aryl methyl sites for hydroxylation is 2. The Morgan fingerprint density at radius 2 is 1.87 bits per heavy atom. The SMILES string of the molecule is Cc1cc(C)nc(N(C)CCC(C)Br)n1. The summed E-state index contributed by atoms with van der Waals surface area (Å²) in [6.07, 6.45) is 1.09. The molecule has 1 rings (SSSR count). The van der Waals surface area contributed by atoms with Gasteiger partial charge < -0.3 is 4.90 Å². The predicted molar refractivity (Wildman–Crippen MR) is 67.8 cm³/mol. The summed E-state index contributed by atoms with van der Waals surface area (Å²) in [5.74, 6) is 0.820. The average molecular weight is 272 g/mol. The molecule has 0 saturated carbocycles. The molecule has 0 fully saturated rings. The van der Waals surface area contributed by atoms with Crippen molar-refractivity contribution in [3.05, 3.63) is 17.5 Å². The zero-order chi connectivity index (χ0) is 11.4. The van der Waals surface area contributed by atoms with Crippen LogP contribution in [0.3, 0.4) is 0 Å². The Morgan fingerprint density at radius 1 is 1.33 bits per heavy atom. The van der Waals surface area contributed by atoms with Crippen molar-refractivity contribution in [2.45, 2.75) is 32.0 Å². The molecule has 1 heterocycles. The van der Waals surface area contributed by atoms with E-state index in [-0.39, 0.29) is 0 Å². The predicted octanol–water partition coefficient (Wildman–Crippen LogP) is 2.70. The molecule has 0 aromatic carbocycles. The maximum absolute atomic E-state index is 4.41. The second kappa shape index (κ2) is 5.45. The third-order valence-electron chi connectivity index (χ3n) is 2.17. The summed E-state index contributed by atoms with van der Waals surface area (Å²) >= 11 is 3.54. The molecule has 1 aromatic rings. The van der Waals surface area contributed by atoms with Crippen LogP contribution in [0.15, 0.2) is 6.07 Å². The summed E-state index contributed by atoms with van der Waals surface area (Å²) in [4.78, 5) is 11.5. The molecular formula is C11H18BrN3. The molecule has 0 amide bonds. The van der Waals surface area contributed by atoms with Crippen molar-refractivity contribution in [1.29, 1.82) is 0 Å². The average Bonchev–Trinajstić information content (AvgIpc) is 2.12. The largest absolute Gasteiger partial charge is 0.344 e. The Labute approximate surface area is 100 Å². The lowest BCUT2D eigenvalue weighted by atomic mass is 10.3. The number of hydrogen-bond acceptors (Lipinski definition) is 3. The highest BCUT2D eigenvalue weighted by molar-refractivity contribution is 9.09. The van der Waals surface area contributed by atoms with E-state index in [4.69, 9.17) is 0 Å². The first kappa shape index (κ1) is 12.4. The lowest BCUT2D eigenvalue weighted by molar-refractivity contribution is 0.763. The molecule has 0 saturated heterocycles. The molecule has 1 aromatic heterocycles. The smallest absolute Gasteiger partial charge is 0.225 e. The summed E-state index contributed by atoms with van der Waals surface area (Å²) in [5, 5.41) is 0. The van der Waals surface area contributed by atoms with E-state index >= 15 is 0 Å². The molecule has 0 bridgehead atoms. The molecule has 1 atom stereocenters. The fourth-order valence-corrected chi connectivity index (χ4v) is 1.55. The second-order valence-corrected chi connectivity index (χ2v) is 5.50. The van der Waals surface area contributed by atoms with Crippen LogP contribution in [0.1, 0.15) is 24.7 Å². The van der Waals surface area contributed by atoms with E-state index in [9.17, 15) is 0 Å². The number of alkyl halides is 1. The van der Waals surface area contributed by atoms with Gasteiger partial charge in [-0.2, -0.15) is 0 Å². The van der Waals surface area contributed by atoms with Crippen molar-refractivity contribution >= 4 is 21.9 Å². The van der Waals surface area contributed by atoms with Gasteiger partial charge in [-0.05, 0) is 26.3 Å². The van der Waals surface area contributed by atoms with Crippen molar-refractivity contribution in [3.63, 3.8) is 0 Å². The maximum atomic E-state index is 4.41. The Morgan fingerprint density at radius 3 is 2.33 bits per heavy atom. The first-order valence-corrected chi connectivity index (χ1v) is 6.08. The summed E-state index contributed by atoms with van der Waals surface area (Å²) < 4.78 is 0. The van der Waals surface area contributed by atoms with Gasteiger partial charge in [-0.3, -0.25) is 0 Å². The second-order valence-electron chi connectivity index (χ2n) is 3.94. The van der Waals surface area contributed by atoms with Gasteiger partial charge in [0, 0.05) is 29.8 Å². The quantitative estimate of drug-likeness (QED) is 0.789. The van der Waals surface area contributed by atoms with Crippen molar-refractivity contribution in [3.8, 4) is 0 Å². The molecule has 0 N–H and O–H groups in total. The highest BCUT2D eigenvalue weighted by Crippen LogP contribution is 2.10. The van der Waals surface area contributed by atoms with Crippen LogP contribution >= 0.6 is 15.9 Å². The molecule has 0 radical (unpaired) electrons. The minimum atomic E-state index is 0.533. The Bertz CT molecular complexity index is 305. The van der Waals surface area contributed by atoms with Gasteiger partial charge in [0.05, 0.1) is 0 Å². The molecule has 4 heteroatoms. The first-order chi connectivity index (χ1) is 6.99. The van der Waals surface area contributed by atoms with Gasteiger partial charge in [-0.1, -0.05) is 22.9 Å². The summed E-state index contributed by atoms with van der Waals surface area (Å²) in [6.45, 7) is 7.11. The van der Waals surface area contributed by atoms with Crippen LogP contribution < -0.4 is 4.90 Å². The van der Waals surface area contributed by atoms with E-state index in [0.717, 1.165) is 30.3 Å². The van der Waals surface area contributed by atoms with Crippen LogP contribution in [0.2, 0.25) is 0 Å². The monoisotopic (exact) mass is 271 g/mol. The van der Waals surface area contributed by atoms with Gasteiger partial charge in [0.2, 0.25) is 5.95 Å². The Hall–Kier alpha value is -0.640. The third kappa shape index (κ3) is 4.16. The van der Waals surface area contributed by atoms with E-state index in [0.29, 0.717) is 4.83 Å². The lowest BCUT2D eigenvalue weighted by Gasteiger charge is -2.18. The van der Waals surface area contributed by atoms with Crippen molar-refractivity contribution in [2.24, 2.45) is 0 Å². The fourth-order valence-electron chi connectivity index (χ4n) is 1.35. The first-order valence-electron chi connectivity index (χ1n) is 5.16. The van der Waals surface area contributed by atoms with E-state index in [2.05, 4.69) is 37.7 Å². The topological polar surface area (TPSA) is 29.0 Å². The van der Waals surface area contributed by atoms with Crippen molar-refractivity contribution < 1.29 is 0 Å². The number of nitrogens with zero attached hydrogens (tertiary/aromatic N) is 3. The summed E-state index contributed by atoms with van der Waals surface area (Å²) in [6, 6.07) is 1.99. The zero-order valence-corrected chi connectivity index (χ0v) is 11.4. The van der Waals surface area contributed by atoms with E-state index < -0.39 is 0 Å². The van der Waals surface area contributed by atoms with Gasteiger partial charge in [0.1, 0.15) is 0 Å². The van der Waals surface area contributed by atoms with Crippen molar-refractivity contribution in [1.82, 2.24) is 9.97 Å². The maximum Gasteiger partial charge on any atom is 0.225 e. The van der Waals surface area contributed by atoms with Crippen LogP contribution in [0.25, 0.3) is 0 Å². The highest BCUT2D eigenvalue weighted by atomic mass is 79.9. The van der Waals surface area contributed by atoms with Crippen molar-refractivity contribution in [2.75, 3.05) is 18.5 Å². The Balaban J connectivity index is 2.68. The highest BCUT2D eigenvalue weighted by Gasteiger charge is 2.06. The van der Waals surface area contributed by atoms with Gasteiger partial charge in [-0.15, -0.1) is 0 Å². The molecule has 0 spiro atoms. The van der Waals surface area contributed by atoms with Gasteiger partial charge in [0.25, 0.3) is 0 Å². The number of halogens is 1. The molecule has 15 heavy (non-hydrogen) atoms. The Kier molecular flexibility index (Phi) is 4.51. The minimum Gasteiger partial charge on any atom is -0.344 e. The van der Waals surface area contributed by atoms with Crippen LogP contribution in [-0.4, -0.2) is 28.4 Å². The van der Waals surface area contributed by atoms with Gasteiger partial charge in [0.15, 0.2) is 0 Å². The standard InChI is InChI=1S/C11H18BrN3/c1-8(12)5-6-15(4)11-13-9(2)7-10(3)14-11/h7-8H,5-6H2,1-4H3. The van der Waals surface area contributed by atoms with E-state index in [1.807, 2.05) is 27.0 Å². The molecule has 84 valence electrons. The van der Waals surface area contributed by atoms with Crippen LogP contribution in [0, 0.1) is 13.8 Å². The number of aromatic nitrogens is 2. The normalized spacial score (nSPS) is 12.6. The van der Waals surface area contributed by atoms with Gasteiger partial charge in [-0.25, -0.2) is 9.97 Å².